The van der Waals surface area contributed by atoms with Gasteiger partial charge in [0.05, 0.1) is 12.4 Å². The number of fused-ring (bicyclic) bond motifs is 2. The van der Waals surface area contributed by atoms with Gasteiger partial charge in [-0.3, -0.25) is 10.1 Å². The van der Waals surface area contributed by atoms with Crippen LogP contribution in [0.5, 0.6) is 0 Å². The second kappa shape index (κ2) is 9.91. The molecule has 2 aromatic carbocycles. The fraction of sp³-hybridized carbons (Fsp3) is 0.292. The highest BCUT2D eigenvalue weighted by Gasteiger charge is 2.13. The van der Waals surface area contributed by atoms with E-state index in [9.17, 15) is 14.4 Å². The van der Waals surface area contributed by atoms with E-state index in [2.05, 4.69) is 17.4 Å². The van der Waals surface area contributed by atoms with Crippen LogP contribution in [0.3, 0.4) is 0 Å². The standard InChI is InChI=1S/C24H23NO6S/c1-2-29-24(28)25-18-7-9-20-17(11-22(26)31-21(20)12-18)13-30-23(27)14-32-19-8-6-15-4-3-5-16(15)10-19/h6-12H,2-5,13-14H2,1H3,(H,25,28). The normalized spacial score (nSPS) is 12.4. The predicted octanol–water partition coefficient (Wildman–Crippen LogP) is 4.69. The van der Waals surface area contributed by atoms with E-state index in [0.717, 1.165) is 17.7 Å². The van der Waals surface area contributed by atoms with Crippen LogP contribution in [0.4, 0.5) is 10.5 Å². The molecule has 1 aromatic heterocycles. The number of carbonyl (C=O) groups excluding carboxylic acids is 2. The van der Waals surface area contributed by atoms with E-state index in [1.807, 2.05) is 6.07 Å². The summed E-state index contributed by atoms with van der Waals surface area (Å²) in [7, 11) is 0. The molecular formula is C24H23NO6S. The van der Waals surface area contributed by atoms with Gasteiger partial charge in [-0.1, -0.05) is 6.07 Å². The number of ether oxygens (including phenoxy) is 2. The fourth-order valence-corrected chi connectivity index (χ4v) is 4.45. The monoisotopic (exact) mass is 453 g/mol. The Morgan fingerprint density at radius 1 is 1.06 bits per heavy atom. The number of benzene rings is 2. The summed E-state index contributed by atoms with van der Waals surface area (Å²) in [6.45, 7) is 1.90. The number of nitrogens with one attached hydrogen (secondary N) is 1. The molecule has 0 atom stereocenters. The number of aryl methyl sites for hydroxylation is 2. The Balaban J connectivity index is 1.39. The van der Waals surface area contributed by atoms with Crippen molar-refractivity contribution in [1.82, 2.24) is 0 Å². The van der Waals surface area contributed by atoms with E-state index >= 15 is 0 Å². The molecule has 8 heteroatoms. The van der Waals surface area contributed by atoms with Crippen molar-refractivity contribution in [2.45, 2.75) is 37.7 Å². The zero-order chi connectivity index (χ0) is 22.5. The van der Waals surface area contributed by atoms with E-state index in [1.165, 1.54) is 41.4 Å². The molecule has 0 spiro atoms. The van der Waals surface area contributed by atoms with E-state index in [4.69, 9.17) is 13.9 Å². The molecule has 1 heterocycles. The van der Waals surface area contributed by atoms with Crippen LogP contribution in [0.1, 0.15) is 30.0 Å². The number of esters is 1. The summed E-state index contributed by atoms with van der Waals surface area (Å²) in [5, 5.41) is 3.18. The average molecular weight is 454 g/mol. The van der Waals surface area contributed by atoms with Crippen LogP contribution in [0.2, 0.25) is 0 Å². The minimum Gasteiger partial charge on any atom is -0.460 e. The number of carbonyl (C=O) groups is 2. The lowest BCUT2D eigenvalue weighted by Gasteiger charge is -2.09. The van der Waals surface area contributed by atoms with E-state index < -0.39 is 11.7 Å². The molecule has 0 bridgehead atoms. The smallest absolute Gasteiger partial charge is 0.411 e. The molecule has 4 rings (SSSR count). The van der Waals surface area contributed by atoms with Gasteiger partial charge in [0, 0.05) is 33.7 Å². The van der Waals surface area contributed by atoms with Crippen LogP contribution in [0.25, 0.3) is 11.0 Å². The number of anilines is 1. The van der Waals surface area contributed by atoms with E-state index in [1.54, 1.807) is 19.1 Å². The molecule has 32 heavy (non-hydrogen) atoms. The molecule has 0 radical (unpaired) electrons. The van der Waals surface area contributed by atoms with Gasteiger partial charge in [-0.15, -0.1) is 11.8 Å². The van der Waals surface area contributed by atoms with Gasteiger partial charge in [-0.2, -0.15) is 0 Å². The molecule has 1 aliphatic rings. The molecular weight excluding hydrogens is 430 g/mol. The molecule has 0 fully saturated rings. The van der Waals surface area contributed by atoms with Gasteiger partial charge in [-0.25, -0.2) is 9.59 Å². The third-order valence-electron chi connectivity index (χ3n) is 5.17. The molecule has 0 unspecified atom stereocenters. The lowest BCUT2D eigenvalue weighted by Crippen LogP contribution is -2.13. The van der Waals surface area contributed by atoms with Gasteiger partial charge >= 0.3 is 17.7 Å². The number of rotatable bonds is 7. The first-order valence-corrected chi connectivity index (χ1v) is 11.4. The van der Waals surface area contributed by atoms with Gasteiger partial charge in [0.25, 0.3) is 0 Å². The second-order valence-electron chi connectivity index (χ2n) is 7.38. The quantitative estimate of drug-likeness (QED) is 0.315. The van der Waals surface area contributed by atoms with Crippen LogP contribution in [-0.4, -0.2) is 24.4 Å². The topological polar surface area (TPSA) is 94.8 Å². The molecule has 0 saturated carbocycles. The maximum atomic E-state index is 12.3. The van der Waals surface area contributed by atoms with Gasteiger partial charge in [0.2, 0.25) is 0 Å². The van der Waals surface area contributed by atoms with Crippen molar-refractivity contribution in [1.29, 1.82) is 0 Å². The lowest BCUT2D eigenvalue weighted by molar-refractivity contribution is -0.141. The van der Waals surface area contributed by atoms with Crippen LogP contribution >= 0.6 is 11.8 Å². The Kier molecular flexibility index (Phi) is 6.80. The van der Waals surface area contributed by atoms with Gasteiger partial charge in [0.15, 0.2) is 0 Å². The minimum atomic E-state index is -0.597. The Morgan fingerprint density at radius 3 is 2.75 bits per heavy atom. The summed E-state index contributed by atoms with van der Waals surface area (Å²) in [5.74, 6) is -0.177. The van der Waals surface area contributed by atoms with Crippen LogP contribution < -0.4 is 10.9 Å². The zero-order valence-electron chi connectivity index (χ0n) is 17.6. The Hall–Kier alpha value is -3.26. The van der Waals surface area contributed by atoms with Gasteiger partial charge in [0.1, 0.15) is 12.2 Å². The van der Waals surface area contributed by atoms with Gasteiger partial charge < -0.3 is 13.9 Å². The largest absolute Gasteiger partial charge is 0.460 e. The number of thioether (sulfide) groups is 1. The summed E-state index contributed by atoms with van der Waals surface area (Å²) in [6.07, 6.45) is 2.81. The molecule has 0 aliphatic heterocycles. The molecule has 3 aromatic rings. The Bertz CT molecular complexity index is 1220. The molecule has 1 N–H and O–H groups in total. The van der Waals surface area contributed by atoms with Crippen LogP contribution in [0, 0.1) is 0 Å². The molecule has 1 aliphatic carbocycles. The third kappa shape index (κ3) is 5.31. The zero-order valence-corrected chi connectivity index (χ0v) is 18.5. The Labute approximate surface area is 189 Å². The molecule has 1 amide bonds. The van der Waals surface area contributed by atoms with Crippen molar-refractivity contribution < 1.29 is 23.5 Å². The summed E-state index contributed by atoms with van der Waals surface area (Å²) in [4.78, 5) is 36.9. The van der Waals surface area contributed by atoms with Crippen molar-refractivity contribution in [3.63, 3.8) is 0 Å². The predicted molar refractivity (Wildman–Crippen MR) is 122 cm³/mol. The molecule has 7 nitrogen and oxygen atoms in total. The van der Waals surface area contributed by atoms with Crippen LogP contribution in [-0.2, 0) is 33.7 Å². The molecule has 166 valence electrons. The Morgan fingerprint density at radius 2 is 1.91 bits per heavy atom. The first-order valence-electron chi connectivity index (χ1n) is 10.4. The number of amides is 1. The maximum absolute atomic E-state index is 12.3. The third-order valence-corrected chi connectivity index (χ3v) is 6.13. The summed E-state index contributed by atoms with van der Waals surface area (Å²) < 4.78 is 15.5. The summed E-state index contributed by atoms with van der Waals surface area (Å²) in [6, 6.07) is 12.5. The van der Waals surface area contributed by atoms with Crippen molar-refractivity contribution in [3.8, 4) is 0 Å². The van der Waals surface area contributed by atoms with Crippen molar-refractivity contribution >= 4 is 40.5 Å². The van der Waals surface area contributed by atoms with Gasteiger partial charge in [-0.05, 0) is 61.6 Å². The average Bonchev–Trinajstić information content (AvgIpc) is 3.23. The first-order chi connectivity index (χ1) is 15.5. The highest BCUT2D eigenvalue weighted by atomic mass is 32.2. The first kappa shape index (κ1) is 22.0. The van der Waals surface area contributed by atoms with E-state index in [0.29, 0.717) is 16.6 Å². The highest BCUT2D eigenvalue weighted by Crippen LogP contribution is 2.28. The highest BCUT2D eigenvalue weighted by molar-refractivity contribution is 8.00. The maximum Gasteiger partial charge on any atom is 0.411 e. The van der Waals surface area contributed by atoms with E-state index in [-0.39, 0.29) is 30.5 Å². The summed E-state index contributed by atoms with van der Waals surface area (Å²) >= 11 is 1.44. The fourth-order valence-electron chi connectivity index (χ4n) is 3.69. The van der Waals surface area contributed by atoms with Crippen molar-refractivity contribution in [3.05, 3.63) is 69.6 Å². The summed E-state index contributed by atoms with van der Waals surface area (Å²) in [5.41, 5.74) is 3.44. The van der Waals surface area contributed by atoms with Crippen molar-refractivity contribution in [2.75, 3.05) is 17.7 Å². The van der Waals surface area contributed by atoms with Crippen molar-refractivity contribution in [2.24, 2.45) is 0 Å². The minimum absolute atomic E-state index is 0.0453. The SMILES string of the molecule is CCOC(=O)Nc1ccc2c(COC(=O)CSc3ccc4c(c3)CCC4)cc(=O)oc2c1. The molecule has 0 saturated heterocycles. The number of hydrogen-bond donors (Lipinski definition) is 1. The van der Waals surface area contributed by atoms with Crippen LogP contribution in [0.15, 0.2) is 56.6 Å². The lowest BCUT2D eigenvalue weighted by atomic mass is 10.1. The number of hydrogen-bond acceptors (Lipinski definition) is 7. The second-order valence-corrected chi connectivity index (χ2v) is 8.43.